The Morgan fingerprint density at radius 3 is 2.17 bits per heavy atom. The van der Waals surface area contributed by atoms with Crippen LogP contribution in [0.25, 0.3) is 0 Å². The zero-order chi connectivity index (χ0) is 33.1. The number of para-hydroxylation sites is 2. The molecule has 0 spiro atoms. The average Bonchev–Trinajstić information content (AvgIpc) is 3.05. The molecule has 0 unspecified atom stereocenters. The molecule has 0 aliphatic rings. The Kier molecular flexibility index (Phi) is 12.0. The van der Waals surface area contributed by atoms with Gasteiger partial charge in [0.25, 0.3) is 10.0 Å². The maximum Gasteiger partial charge on any atom is 0.264 e. The van der Waals surface area contributed by atoms with E-state index in [9.17, 15) is 18.0 Å². The van der Waals surface area contributed by atoms with Crippen molar-refractivity contribution in [3.05, 3.63) is 125 Å². The lowest BCUT2D eigenvalue weighted by Gasteiger charge is -2.34. The molecule has 0 radical (unpaired) electrons. The largest absolute Gasteiger partial charge is 0.495 e. The van der Waals surface area contributed by atoms with Crippen LogP contribution in [0.15, 0.2) is 108 Å². The third-order valence-corrected chi connectivity index (χ3v) is 9.55. The van der Waals surface area contributed by atoms with E-state index in [4.69, 9.17) is 4.74 Å². The standard InChI is InChI=1S/C37H43N3O5S/c1-5-6-23-38-37(42)34(25-30-14-8-7-9-15-30)39(26-31-16-12-13-29(3)24-31)36(41)27-40(33-17-10-11-18-35(33)45-4)46(43,44)32-21-19-28(2)20-22-32/h7-22,24,34H,5-6,23,25-27H2,1-4H3,(H,38,42)/t34-/m1/s1. The highest BCUT2D eigenvalue weighted by atomic mass is 32.2. The minimum Gasteiger partial charge on any atom is -0.495 e. The molecule has 0 saturated carbocycles. The Labute approximate surface area is 273 Å². The van der Waals surface area contributed by atoms with Gasteiger partial charge in [-0.15, -0.1) is 0 Å². The molecule has 1 N–H and O–H groups in total. The number of carbonyl (C=O) groups is 2. The van der Waals surface area contributed by atoms with Crippen LogP contribution in [-0.4, -0.2) is 51.4 Å². The van der Waals surface area contributed by atoms with Gasteiger partial charge in [0, 0.05) is 19.5 Å². The van der Waals surface area contributed by atoms with E-state index in [0.29, 0.717) is 12.3 Å². The monoisotopic (exact) mass is 641 g/mol. The molecule has 0 saturated heterocycles. The molecule has 46 heavy (non-hydrogen) atoms. The van der Waals surface area contributed by atoms with E-state index in [1.807, 2.05) is 75.4 Å². The summed E-state index contributed by atoms with van der Waals surface area (Å²) in [6.07, 6.45) is 1.96. The van der Waals surface area contributed by atoms with Crippen LogP contribution in [0, 0.1) is 13.8 Å². The van der Waals surface area contributed by atoms with Gasteiger partial charge >= 0.3 is 0 Å². The quantitative estimate of drug-likeness (QED) is 0.159. The molecular weight excluding hydrogens is 598 g/mol. The second-order valence-electron chi connectivity index (χ2n) is 11.4. The summed E-state index contributed by atoms with van der Waals surface area (Å²) in [4.78, 5) is 30.0. The number of sulfonamides is 1. The van der Waals surface area contributed by atoms with Crippen LogP contribution in [0.4, 0.5) is 5.69 Å². The van der Waals surface area contributed by atoms with Crippen molar-refractivity contribution in [2.24, 2.45) is 0 Å². The molecule has 0 aliphatic carbocycles. The van der Waals surface area contributed by atoms with Gasteiger partial charge in [0.05, 0.1) is 17.7 Å². The topological polar surface area (TPSA) is 96.0 Å². The number of carbonyl (C=O) groups excluding carboxylic acids is 2. The van der Waals surface area contributed by atoms with Crippen LogP contribution in [-0.2, 0) is 32.6 Å². The van der Waals surface area contributed by atoms with Crippen molar-refractivity contribution in [3.8, 4) is 5.75 Å². The third-order valence-electron chi connectivity index (χ3n) is 7.78. The zero-order valence-corrected chi connectivity index (χ0v) is 27.8. The number of aryl methyl sites for hydroxylation is 2. The van der Waals surface area contributed by atoms with Crippen LogP contribution < -0.4 is 14.4 Å². The fourth-order valence-corrected chi connectivity index (χ4v) is 6.68. The summed E-state index contributed by atoms with van der Waals surface area (Å²) in [5.41, 5.74) is 3.85. The number of nitrogens with zero attached hydrogens (tertiary/aromatic N) is 2. The van der Waals surface area contributed by atoms with E-state index < -0.39 is 28.5 Å². The molecule has 0 bridgehead atoms. The molecule has 4 aromatic rings. The minimum atomic E-state index is -4.23. The lowest BCUT2D eigenvalue weighted by Crippen LogP contribution is -2.53. The number of amides is 2. The number of rotatable bonds is 15. The van der Waals surface area contributed by atoms with Crippen molar-refractivity contribution in [1.82, 2.24) is 10.2 Å². The predicted octanol–water partition coefficient (Wildman–Crippen LogP) is 6.06. The van der Waals surface area contributed by atoms with Gasteiger partial charge < -0.3 is 15.0 Å². The van der Waals surface area contributed by atoms with Crippen molar-refractivity contribution in [3.63, 3.8) is 0 Å². The highest BCUT2D eigenvalue weighted by molar-refractivity contribution is 7.92. The highest BCUT2D eigenvalue weighted by Crippen LogP contribution is 2.33. The summed E-state index contributed by atoms with van der Waals surface area (Å²) in [6, 6.07) is 29.6. The Bertz CT molecular complexity index is 1710. The van der Waals surface area contributed by atoms with E-state index in [1.54, 1.807) is 36.4 Å². The van der Waals surface area contributed by atoms with Gasteiger partial charge in [0.2, 0.25) is 11.8 Å². The van der Waals surface area contributed by atoms with E-state index in [1.165, 1.54) is 24.1 Å². The van der Waals surface area contributed by atoms with Crippen LogP contribution in [0.2, 0.25) is 0 Å². The van der Waals surface area contributed by atoms with Crippen molar-refractivity contribution >= 4 is 27.5 Å². The summed E-state index contributed by atoms with van der Waals surface area (Å²) < 4.78 is 35.2. The summed E-state index contributed by atoms with van der Waals surface area (Å²) in [6.45, 7) is 5.93. The van der Waals surface area contributed by atoms with Crippen molar-refractivity contribution in [2.75, 3.05) is 24.5 Å². The van der Waals surface area contributed by atoms with Crippen LogP contribution in [0.1, 0.15) is 42.0 Å². The lowest BCUT2D eigenvalue weighted by atomic mass is 10.0. The zero-order valence-electron chi connectivity index (χ0n) is 27.0. The van der Waals surface area contributed by atoms with Gasteiger partial charge in [0.15, 0.2) is 0 Å². The molecule has 9 heteroatoms. The number of unbranched alkanes of at least 4 members (excludes halogenated alkanes) is 1. The van der Waals surface area contributed by atoms with Gasteiger partial charge in [-0.25, -0.2) is 8.42 Å². The average molecular weight is 642 g/mol. The van der Waals surface area contributed by atoms with Gasteiger partial charge in [-0.2, -0.15) is 0 Å². The van der Waals surface area contributed by atoms with Crippen LogP contribution in [0.5, 0.6) is 5.75 Å². The molecule has 0 aliphatic heterocycles. The molecule has 4 aromatic carbocycles. The van der Waals surface area contributed by atoms with Crippen molar-refractivity contribution in [2.45, 2.75) is 57.5 Å². The Balaban J connectivity index is 1.82. The summed E-state index contributed by atoms with van der Waals surface area (Å²) >= 11 is 0. The number of ether oxygens (including phenoxy) is 1. The van der Waals surface area contributed by atoms with Gasteiger partial charge in [-0.05, 0) is 55.7 Å². The molecule has 242 valence electrons. The SMILES string of the molecule is CCCCNC(=O)[C@@H](Cc1ccccc1)N(Cc1cccc(C)c1)C(=O)CN(c1ccccc1OC)S(=O)(=O)c1ccc(C)cc1. The minimum absolute atomic E-state index is 0.0418. The van der Waals surface area contributed by atoms with E-state index in [2.05, 4.69) is 5.32 Å². The predicted molar refractivity (Wildman–Crippen MR) is 182 cm³/mol. The first-order valence-electron chi connectivity index (χ1n) is 15.5. The highest BCUT2D eigenvalue weighted by Gasteiger charge is 2.35. The first kappa shape index (κ1) is 34.2. The smallest absolute Gasteiger partial charge is 0.264 e. The molecular formula is C37H43N3O5S. The Morgan fingerprint density at radius 2 is 1.50 bits per heavy atom. The van der Waals surface area contributed by atoms with Gasteiger partial charge in [-0.1, -0.05) is 103 Å². The van der Waals surface area contributed by atoms with Crippen LogP contribution in [0.3, 0.4) is 0 Å². The second kappa shape index (κ2) is 16.1. The first-order chi connectivity index (χ1) is 22.1. The number of anilines is 1. The van der Waals surface area contributed by atoms with Crippen molar-refractivity contribution < 1.29 is 22.7 Å². The number of hydrogen-bond donors (Lipinski definition) is 1. The molecule has 0 heterocycles. The molecule has 0 fully saturated rings. The summed E-state index contributed by atoms with van der Waals surface area (Å²) in [5, 5.41) is 3.02. The molecule has 8 nitrogen and oxygen atoms in total. The first-order valence-corrected chi connectivity index (χ1v) is 17.0. The maximum absolute atomic E-state index is 14.6. The van der Waals surface area contributed by atoms with Crippen molar-refractivity contribution in [1.29, 1.82) is 0 Å². The summed E-state index contributed by atoms with van der Waals surface area (Å²) in [7, 11) is -2.77. The maximum atomic E-state index is 14.6. The molecule has 4 rings (SSSR count). The van der Waals surface area contributed by atoms with E-state index >= 15 is 0 Å². The molecule has 0 aromatic heterocycles. The van der Waals surface area contributed by atoms with E-state index in [0.717, 1.165) is 39.4 Å². The molecule has 2 amide bonds. The normalized spacial score (nSPS) is 11.8. The number of nitrogens with one attached hydrogen (secondary N) is 1. The second-order valence-corrected chi connectivity index (χ2v) is 13.2. The number of hydrogen-bond acceptors (Lipinski definition) is 5. The Hall–Kier alpha value is -4.63. The van der Waals surface area contributed by atoms with Gasteiger partial charge in [-0.3, -0.25) is 13.9 Å². The third kappa shape index (κ3) is 8.75. The summed E-state index contributed by atoms with van der Waals surface area (Å²) in [5.74, 6) is -0.507. The fraction of sp³-hybridized carbons (Fsp3) is 0.297. The number of benzene rings is 4. The van der Waals surface area contributed by atoms with Gasteiger partial charge in [0.1, 0.15) is 18.3 Å². The molecule has 1 atom stereocenters. The van der Waals surface area contributed by atoms with E-state index in [-0.39, 0.29) is 29.5 Å². The fourth-order valence-electron chi connectivity index (χ4n) is 5.25. The lowest BCUT2D eigenvalue weighted by molar-refractivity contribution is -0.140. The Morgan fingerprint density at radius 1 is 0.826 bits per heavy atom. The van der Waals surface area contributed by atoms with Crippen LogP contribution >= 0.6 is 0 Å². The number of methoxy groups -OCH3 is 1.